The number of fused-ring (bicyclic) bond motifs is 1. The predicted molar refractivity (Wildman–Crippen MR) is 145 cm³/mol. The van der Waals surface area contributed by atoms with Gasteiger partial charge in [-0.2, -0.15) is 5.10 Å². The van der Waals surface area contributed by atoms with E-state index in [1.807, 2.05) is 66.4 Å². The first-order chi connectivity index (χ1) is 17.0. The first kappa shape index (κ1) is 23.3. The van der Waals surface area contributed by atoms with Gasteiger partial charge in [-0.15, -0.1) is 11.3 Å². The Morgan fingerprint density at radius 3 is 2.57 bits per heavy atom. The Balaban J connectivity index is 1.24. The Morgan fingerprint density at radius 2 is 1.77 bits per heavy atom. The van der Waals surface area contributed by atoms with Gasteiger partial charge in [-0.25, -0.2) is 0 Å². The molecule has 0 saturated carbocycles. The van der Waals surface area contributed by atoms with Crippen LogP contribution in [0, 0.1) is 13.8 Å². The SMILES string of the molecule is Cc1nn(Cc2ccc(Br)cc2)c(C)c1NC(=O)c1cc(COc2ccc3ccccc3c2)cs1. The molecule has 5 aromatic rings. The van der Waals surface area contributed by atoms with Crippen LogP contribution in [0.15, 0.2) is 82.6 Å². The van der Waals surface area contributed by atoms with Crippen molar-refractivity contribution in [1.29, 1.82) is 0 Å². The number of benzene rings is 3. The van der Waals surface area contributed by atoms with Crippen molar-refractivity contribution in [2.75, 3.05) is 5.32 Å². The number of ether oxygens (including phenoxy) is 1. The van der Waals surface area contributed by atoms with Crippen molar-refractivity contribution in [3.8, 4) is 5.75 Å². The number of amides is 1. The minimum Gasteiger partial charge on any atom is -0.489 e. The van der Waals surface area contributed by atoms with Gasteiger partial charge >= 0.3 is 0 Å². The number of rotatable bonds is 7. The first-order valence-corrected chi connectivity index (χ1v) is 12.9. The van der Waals surface area contributed by atoms with Crippen molar-refractivity contribution in [3.63, 3.8) is 0 Å². The molecule has 0 aliphatic heterocycles. The maximum absolute atomic E-state index is 13.0. The van der Waals surface area contributed by atoms with Crippen LogP contribution in [-0.2, 0) is 13.2 Å². The fourth-order valence-corrected chi connectivity index (χ4v) is 5.02. The molecular formula is C28H24BrN3O2S. The van der Waals surface area contributed by atoms with E-state index in [0.717, 1.165) is 43.8 Å². The molecule has 35 heavy (non-hydrogen) atoms. The third-order valence-corrected chi connectivity index (χ3v) is 7.38. The summed E-state index contributed by atoms with van der Waals surface area (Å²) in [6, 6.07) is 24.3. The van der Waals surface area contributed by atoms with Crippen molar-refractivity contribution in [2.45, 2.75) is 27.0 Å². The second-order valence-corrected chi connectivity index (χ2v) is 10.2. The molecule has 5 rings (SSSR count). The van der Waals surface area contributed by atoms with Gasteiger partial charge in [-0.3, -0.25) is 9.48 Å². The number of thiophene rings is 1. The summed E-state index contributed by atoms with van der Waals surface area (Å²) in [5.41, 5.74) is 4.59. The highest BCUT2D eigenvalue weighted by Crippen LogP contribution is 2.25. The smallest absolute Gasteiger partial charge is 0.265 e. The Kier molecular flexibility index (Phi) is 6.70. The van der Waals surface area contributed by atoms with Gasteiger partial charge in [0.05, 0.1) is 28.5 Å². The molecule has 0 unspecified atom stereocenters. The lowest BCUT2D eigenvalue weighted by Gasteiger charge is -2.07. The molecule has 0 aliphatic rings. The minimum absolute atomic E-state index is 0.138. The summed E-state index contributed by atoms with van der Waals surface area (Å²) in [5, 5.41) is 12.0. The quantitative estimate of drug-likeness (QED) is 0.232. The van der Waals surface area contributed by atoms with Crippen LogP contribution in [0.4, 0.5) is 5.69 Å². The highest BCUT2D eigenvalue weighted by atomic mass is 79.9. The van der Waals surface area contributed by atoms with Gasteiger partial charge in [0.1, 0.15) is 12.4 Å². The van der Waals surface area contributed by atoms with Crippen molar-refractivity contribution in [2.24, 2.45) is 0 Å². The van der Waals surface area contributed by atoms with E-state index >= 15 is 0 Å². The van der Waals surface area contributed by atoms with Gasteiger partial charge in [-0.1, -0.05) is 58.4 Å². The molecule has 0 atom stereocenters. The highest BCUT2D eigenvalue weighted by Gasteiger charge is 2.17. The molecule has 1 amide bonds. The molecule has 0 bridgehead atoms. The van der Waals surface area contributed by atoms with Crippen LogP contribution in [0.25, 0.3) is 10.8 Å². The number of halogens is 1. The molecule has 176 valence electrons. The number of hydrogen-bond acceptors (Lipinski definition) is 4. The molecule has 7 heteroatoms. The Bertz CT molecular complexity index is 1500. The van der Waals surface area contributed by atoms with Crippen LogP contribution in [0.3, 0.4) is 0 Å². The summed E-state index contributed by atoms with van der Waals surface area (Å²) in [5.74, 6) is 0.673. The number of aryl methyl sites for hydroxylation is 1. The van der Waals surface area contributed by atoms with E-state index in [-0.39, 0.29) is 5.91 Å². The topological polar surface area (TPSA) is 56.2 Å². The summed E-state index contributed by atoms with van der Waals surface area (Å²) in [6.45, 7) is 4.94. The highest BCUT2D eigenvalue weighted by molar-refractivity contribution is 9.10. The number of carbonyl (C=O) groups excluding carboxylic acids is 1. The fraction of sp³-hybridized carbons (Fsp3) is 0.143. The first-order valence-electron chi connectivity index (χ1n) is 11.2. The third-order valence-electron chi connectivity index (χ3n) is 5.87. The van der Waals surface area contributed by atoms with Gasteiger partial charge in [0.15, 0.2) is 0 Å². The summed E-state index contributed by atoms with van der Waals surface area (Å²) in [6.07, 6.45) is 0. The molecule has 0 saturated heterocycles. The van der Waals surface area contributed by atoms with Crippen LogP contribution in [-0.4, -0.2) is 15.7 Å². The molecule has 0 aliphatic carbocycles. The van der Waals surface area contributed by atoms with Gasteiger partial charge in [0.2, 0.25) is 0 Å². The average molecular weight is 546 g/mol. The monoisotopic (exact) mass is 545 g/mol. The van der Waals surface area contributed by atoms with Crippen LogP contribution >= 0.6 is 27.3 Å². The van der Waals surface area contributed by atoms with E-state index in [0.29, 0.717) is 18.0 Å². The lowest BCUT2D eigenvalue weighted by molar-refractivity contribution is 0.103. The lowest BCUT2D eigenvalue weighted by atomic mass is 10.1. The van der Waals surface area contributed by atoms with E-state index < -0.39 is 0 Å². The normalized spacial score (nSPS) is 11.1. The number of carbonyl (C=O) groups is 1. The van der Waals surface area contributed by atoms with Crippen molar-refractivity contribution >= 4 is 49.6 Å². The van der Waals surface area contributed by atoms with Crippen LogP contribution in [0.1, 0.15) is 32.2 Å². The van der Waals surface area contributed by atoms with Gasteiger partial charge in [0, 0.05) is 10.0 Å². The molecule has 2 aromatic heterocycles. The zero-order valence-electron chi connectivity index (χ0n) is 19.4. The number of hydrogen-bond donors (Lipinski definition) is 1. The molecule has 5 nitrogen and oxygen atoms in total. The Labute approximate surface area is 216 Å². The zero-order chi connectivity index (χ0) is 24.4. The Hall–Kier alpha value is -3.42. The zero-order valence-corrected chi connectivity index (χ0v) is 21.8. The van der Waals surface area contributed by atoms with Gasteiger partial charge in [0.25, 0.3) is 5.91 Å². The van der Waals surface area contributed by atoms with Crippen LogP contribution in [0.2, 0.25) is 0 Å². The molecule has 0 radical (unpaired) electrons. The third kappa shape index (κ3) is 5.31. The van der Waals surface area contributed by atoms with Gasteiger partial charge in [-0.05, 0) is 65.9 Å². The summed E-state index contributed by atoms with van der Waals surface area (Å²) in [4.78, 5) is 13.6. The van der Waals surface area contributed by atoms with E-state index in [1.165, 1.54) is 16.7 Å². The molecule has 0 fully saturated rings. The van der Waals surface area contributed by atoms with Crippen LogP contribution < -0.4 is 10.1 Å². The molecule has 0 spiro atoms. The molecule has 2 heterocycles. The lowest BCUT2D eigenvalue weighted by Crippen LogP contribution is -2.12. The second kappa shape index (κ2) is 10.1. The van der Waals surface area contributed by atoms with E-state index in [1.54, 1.807) is 0 Å². The number of aromatic nitrogens is 2. The predicted octanol–water partition coefficient (Wildman–Crippen LogP) is 7.36. The summed E-state index contributed by atoms with van der Waals surface area (Å²) >= 11 is 4.88. The maximum Gasteiger partial charge on any atom is 0.265 e. The number of nitrogens with one attached hydrogen (secondary N) is 1. The molecule has 1 N–H and O–H groups in total. The summed E-state index contributed by atoms with van der Waals surface area (Å²) < 4.78 is 8.94. The largest absolute Gasteiger partial charge is 0.489 e. The molecular weight excluding hydrogens is 522 g/mol. The van der Waals surface area contributed by atoms with Crippen molar-refractivity contribution in [1.82, 2.24) is 9.78 Å². The average Bonchev–Trinajstić information content (AvgIpc) is 3.44. The van der Waals surface area contributed by atoms with Gasteiger partial charge < -0.3 is 10.1 Å². The second-order valence-electron chi connectivity index (χ2n) is 8.40. The number of nitrogens with zero attached hydrogens (tertiary/aromatic N) is 2. The summed E-state index contributed by atoms with van der Waals surface area (Å²) in [7, 11) is 0. The van der Waals surface area contributed by atoms with Crippen molar-refractivity contribution in [3.05, 3.63) is 110 Å². The standard InChI is InChI=1S/C28H24BrN3O2S/c1-18-27(19(2)32(31-18)15-20-7-10-24(29)11-8-20)30-28(33)26-13-21(17-35-26)16-34-25-12-9-22-5-3-4-6-23(22)14-25/h3-14,17H,15-16H2,1-2H3,(H,30,33). The van der Waals surface area contributed by atoms with E-state index in [9.17, 15) is 4.79 Å². The van der Waals surface area contributed by atoms with Crippen molar-refractivity contribution < 1.29 is 9.53 Å². The minimum atomic E-state index is -0.138. The number of anilines is 1. The Morgan fingerprint density at radius 1 is 1.00 bits per heavy atom. The van der Waals surface area contributed by atoms with Crippen LogP contribution in [0.5, 0.6) is 5.75 Å². The maximum atomic E-state index is 13.0. The molecule has 3 aromatic carbocycles. The fourth-order valence-electron chi connectivity index (χ4n) is 3.96. The van der Waals surface area contributed by atoms with E-state index in [4.69, 9.17) is 4.74 Å². The van der Waals surface area contributed by atoms with E-state index in [2.05, 4.69) is 56.7 Å².